The fourth-order valence-corrected chi connectivity index (χ4v) is 5.73. The third-order valence-electron chi connectivity index (χ3n) is 6.89. The summed E-state index contributed by atoms with van der Waals surface area (Å²) in [5.74, 6) is -0.572. The number of nitrogens with one attached hydrogen (secondary N) is 2. The van der Waals surface area contributed by atoms with Gasteiger partial charge in [0.15, 0.2) is 17.6 Å². The Morgan fingerprint density at radius 1 is 1.02 bits per heavy atom. The number of aliphatic hydroxyl groups excluding tert-OH is 1. The SMILES string of the molecule is CC(=O)OC(C)C(=O)Nc1cccc(C2OC(CSc3ncn[nH]3)C(c3ccccc3)C(c3ccc(CO)cc3)O2)c1. The van der Waals surface area contributed by atoms with E-state index < -0.39 is 24.3 Å². The van der Waals surface area contributed by atoms with Gasteiger partial charge in [-0.25, -0.2) is 4.98 Å². The molecule has 42 heavy (non-hydrogen) atoms. The zero-order chi connectivity index (χ0) is 29.5. The molecule has 2 heterocycles. The summed E-state index contributed by atoms with van der Waals surface area (Å²) in [6, 6.07) is 25.1. The van der Waals surface area contributed by atoms with E-state index in [1.807, 2.05) is 48.5 Å². The Bertz CT molecular complexity index is 1470. The van der Waals surface area contributed by atoms with Crippen molar-refractivity contribution in [2.45, 2.75) is 56.1 Å². The summed E-state index contributed by atoms with van der Waals surface area (Å²) in [5, 5.41) is 19.9. The molecule has 0 saturated carbocycles. The number of ether oxygens (including phenoxy) is 3. The van der Waals surface area contributed by atoms with E-state index in [1.54, 1.807) is 18.2 Å². The number of nitrogens with zero attached hydrogens (tertiary/aromatic N) is 2. The largest absolute Gasteiger partial charge is 0.453 e. The molecule has 5 rings (SSSR count). The van der Waals surface area contributed by atoms with Gasteiger partial charge >= 0.3 is 5.97 Å². The molecule has 0 radical (unpaired) electrons. The van der Waals surface area contributed by atoms with Crippen LogP contribution < -0.4 is 5.32 Å². The van der Waals surface area contributed by atoms with Crippen molar-refractivity contribution in [3.8, 4) is 0 Å². The number of thioether (sulfide) groups is 1. The van der Waals surface area contributed by atoms with E-state index in [1.165, 1.54) is 31.9 Å². The first-order valence-electron chi connectivity index (χ1n) is 13.5. The standard InChI is InChI=1S/C31H32N4O6S/c1-19(39-20(2)37)29(38)34-25-10-6-9-24(15-25)30-40-26(17-42-31-32-18-33-35-31)27(22-7-4-3-5-8-22)28(41-30)23-13-11-21(16-36)12-14-23/h3-15,18-19,26-28,30,36H,16-17H2,1-2H3,(H,34,38)(H,32,33,35). The molecule has 5 atom stereocenters. The van der Waals surface area contributed by atoms with Crippen molar-refractivity contribution in [2.75, 3.05) is 11.1 Å². The lowest BCUT2D eigenvalue weighted by Gasteiger charge is -2.43. The monoisotopic (exact) mass is 588 g/mol. The molecule has 11 heteroatoms. The van der Waals surface area contributed by atoms with Gasteiger partial charge in [-0.15, -0.1) is 0 Å². The number of anilines is 1. The molecule has 4 aromatic rings. The molecular formula is C31H32N4O6S. The van der Waals surface area contributed by atoms with E-state index in [4.69, 9.17) is 14.2 Å². The quantitative estimate of drug-likeness (QED) is 0.174. The second kappa shape index (κ2) is 13.8. The Morgan fingerprint density at radius 2 is 1.79 bits per heavy atom. The predicted octanol–water partition coefficient (Wildman–Crippen LogP) is 4.92. The van der Waals surface area contributed by atoms with Gasteiger partial charge in [0.25, 0.3) is 5.91 Å². The summed E-state index contributed by atoms with van der Waals surface area (Å²) in [6.45, 7) is 2.72. The van der Waals surface area contributed by atoms with Crippen LogP contribution >= 0.6 is 11.8 Å². The first-order valence-corrected chi connectivity index (χ1v) is 14.5. The van der Waals surface area contributed by atoms with Crippen molar-refractivity contribution in [2.24, 2.45) is 0 Å². The Labute approximate surface area is 247 Å². The van der Waals surface area contributed by atoms with E-state index in [9.17, 15) is 14.7 Å². The smallest absolute Gasteiger partial charge is 0.303 e. The van der Waals surface area contributed by atoms with Gasteiger partial charge in [0.2, 0.25) is 0 Å². The molecule has 1 amide bonds. The molecule has 0 bridgehead atoms. The normalized spacial score (nSPS) is 20.9. The maximum absolute atomic E-state index is 12.6. The number of hydrogen-bond donors (Lipinski definition) is 3. The molecule has 0 spiro atoms. The van der Waals surface area contributed by atoms with Crippen LogP contribution in [0.4, 0.5) is 5.69 Å². The number of carbonyl (C=O) groups excluding carboxylic acids is 2. The molecule has 218 valence electrons. The maximum atomic E-state index is 12.6. The molecule has 1 aliphatic rings. The van der Waals surface area contributed by atoms with Gasteiger partial charge in [-0.3, -0.25) is 14.7 Å². The molecule has 1 fully saturated rings. The fourth-order valence-electron chi connectivity index (χ4n) is 4.89. The number of aromatic nitrogens is 3. The predicted molar refractivity (Wildman–Crippen MR) is 156 cm³/mol. The van der Waals surface area contributed by atoms with Gasteiger partial charge < -0.3 is 24.6 Å². The molecule has 5 unspecified atom stereocenters. The Morgan fingerprint density at radius 3 is 2.48 bits per heavy atom. The van der Waals surface area contributed by atoms with Crippen LogP contribution in [0.3, 0.4) is 0 Å². The lowest BCUT2D eigenvalue weighted by Crippen LogP contribution is -2.38. The van der Waals surface area contributed by atoms with Crippen LogP contribution in [-0.4, -0.2) is 50.1 Å². The minimum Gasteiger partial charge on any atom is -0.453 e. The molecule has 1 aliphatic heterocycles. The Balaban J connectivity index is 1.47. The minimum absolute atomic E-state index is 0.0509. The Hall–Kier alpha value is -4.03. The maximum Gasteiger partial charge on any atom is 0.303 e. The van der Waals surface area contributed by atoms with Crippen molar-refractivity contribution < 1.29 is 28.9 Å². The average Bonchev–Trinajstić information content (AvgIpc) is 3.54. The number of rotatable bonds is 10. The highest BCUT2D eigenvalue weighted by Gasteiger charge is 2.42. The molecule has 3 N–H and O–H groups in total. The van der Waals surface area contributed by atoms with Gasteiger partial charge in [0.1, 0.15) is 6.33 Å². The minimum atomic E-state index is -0.941. The summed E-state index contributed by atoms with van der Waals surface area (Å²) in [7, 11) is 0. The molecule has 1 aromatic heterocycles. The van der Waals surface area contributed by atoms with Crippen molar-refractivity contribution in [3.63, 3.8) is 0 Å². The van der Waals surface area contributed by atoms with E-state index in [0.29, 0.717) is 22.2 Å². The van der Waals surface area contributed by atoms with Gasteiger partial charge in [0, 0.05) is 29.8 Å². The molecule has 1 saturated heterocycles. The van der Waals surface area contributed by atoms with Crippen LogP contribution in [0, 0.1) is 0 Å². The third-order valence-corrected chi connectivity index (χ3v) is 7.85. The van der Waals surface area contributed by atoms with E-state index in [-0.39, 0.29) is 24.7 Å². The first kappa shape index (κ1) is 29.5. The highest BCUT2D eigenvalue weighted by Crippen LogP contribution is 2.48. The highest BCUT2D eigenvalue weighted by molar-refractivity contribution is 7.99. The molecule has 10 nitrogen and oxygen atoms in total. The topological polar surface area (TPSA) is 136 Å². The number of hydrogen-bond acceptors (Lipinski definition) is 9. The number of amides is 1. The van der Waals surface area contributed by atoms with Gasteiger partial charge in [-0.05, 0) is 35.7 Å². The molecular weight excluding hydrogens is 556 g/mol. The van der Waals surface area contributed by atoms with Gasteiger partial charge in [-0.1, -0.05) is 78.5 Å². The molecule has 3 aromatic carbocycles. The Kier molecular flexibility index (Phi) is 9.65. The van der Waals surface area contributed by atoms with Crippen molar-refractivity contribution in [3.05, 3.63) is 107 Å². The van der Waals surface area contributed by atoms with Crippen LogP contribution in [0.15, 0.2) is 90.3 Å². The number of carbonyl (C=O) groups is 2. The van der Waals surface area contributed by atoms with Crippen LogP contribution in [0.1, 0.15) is 54.4 Å². The summed E-state index contributed by atoms with van der Waals surface area (Å²) in [5.41, 5.74) is 4.05. The second-order valence-corrected chi connectivity index (χ2v) is 10.9. The van der Waals surface area contributed by atoms with E-state index >= 15 is 0 Å². The van der Waals surface area contributed by atoms with Crippen LogP contribution in [0.25, 0.3) is 0 Å². The summed E-state index contributed by atoms with van der Waals surface area (Å²) < 4.78 is 18.4. The number of benzene rings is 3. The number of H-pyrrole nitrogens is 1. The number of esters is 1. The third kappa shape index (κ3) is 7.24. The fraction of sp³-hybridized carbons (Fsp3) is 0.290. The van der Waals surface area contributed by atoms with Crippen molar-refractivity contribution >= 4 is 29.3 Å². The lowest BCUT2D eigenvalue weighted by atomic mass is 9.84. The summed E-state index contributed by atoms with van der Waals surface area (Å²) in [6.07, 6.45) is -0.912. The summed E-state index contributed by atoms with van der Waals surface area (Å²) >= 11 is 1.51. The van der Waals surface area contributed by atoms with E-state index in [0.717, 1.165) is 16.7 Å². The zero-order valence-electron chi connectivity index (χ0n) is 23.2. The van der Waals surface area contributed by atoms with Crippen LogP contribution in [0.2, 0.25) is 0 Å². The van der Waals surface area contributed by atoms with Crippen LogP contribution in [0.5, 0.6) is 0 Å². The van der Waals surface area contributed by atoms with Gasteiger partial charge in [-0.2, -0.15) is 5.10 Å². The van der Waals surface area contributed by atoms with Crippen LogP contribution in [-0.2, 0) is 30.4 Å². The van der Waals surface area contributed by atoms with Gasteiger partial charge in [0.05, 0.1) is 18.8 Å². The number of aromatic amines is 1. The van der Waals surface area contributed by atoms with E-state index in [2.05, 4.69) is 32.6 Å². The first-order chi connectivity index (χ1) is 20.4. The zero-order valence-corrected chi connectivity index (χ0v) is 24.0. The summed E-state index contributed by atoms with van der Waals surface area (Å²) in [4.78, 5) is 28.1. The lowest BCUT2D eigenvalue weighted by molar-refractivity contribution is -0.255. The second-order valence-electron chi connectivity index (χ2n) is 9.87. The molecule has 0 aliphatic carbocycles. The van der Waals surface area contributed by atoms with Crippen molar-refractivity contribution in [1.82, 2.24) is 15.2 Å². The highest BCUT2D eigenvalue weighted by atomic mass is 32.2. The van der Waals surface area contributed by atoms with Crippen molar-refractivity contribution in [1.29, 1.82) is 0 Å². The average molecular weight is 589 g/mol. The number of aliphatic hydroxyl groups is 1.